The predicted octanol–water partition coefficient (Wildman–Crippen LogP) is 4.95. The van der Waals surface area contributed by atoms with Gasteiger partial charge in [0.2, 0.25) is 11.7 Å². The molecule has 0 saturated heterocycles. The Bertz CT molecular complexity index is 554. The van der Waals surface area contributed by atoms with Crippen LogP contribution in [0.2, 0.25) is 0 Å². The first-order chi connectivity index (χ1) is 11.3. The van der Waals surface area contributed by atoms with Gasteiger partial charge in [-0.3, -0.25) is 0 Å². The van der Waals surface area contributed by atoms with Crippen LogP contribution in [0.5, 0.6) is 0 Å². The van der Waals surface area contributed by atoms with Gasteiger partial charge in [0.05, 0.1) is 0 Å². The second kappa shape index (κ2) is 12.0. The number of unbranched alkanes of at least 4 members (excludes halogenated alkanes) is 5. The van der Waals surface area contributed by atoms with E-state index in [-0.39, 0.29) is 12.4 Å². The van der Waals surface area contributed by atoms with Gasteiger partial charge in [0.25, 0.3) is 0 Å². The van der Waals surface area contributed by atoms with Gasteiger partial charge in [0, 0.05) is 12.0 Å². The quantitative estimate of drug-likeness (QED) is 0.581. The van der Waals surface area contributed by atoms with E-state index in [4.69, 9.17) is 10.3 Å². The van der Waals surface area contributed by atoms with E-state index in [2.05, 4.69) is 41.3 Å². The summed E-state index contributed by atoms with van der Waals surface area (Å²) in [6.45, 7) is 2.90. The number of rotatable bonds is 11. The Morgan fingerprint density at radius 1 is 0.917 bits per heavy atom. The van der Waals surface area contributed by atoms with E-state index in [0.29, 0.717) is 18.3 Å². The van der Waals surface area contributed by atoms with Gasteiger partial charge < -0.3 is 10.3 Å². The average Bonchev–Trinajstić information content (AvgIpc) is 3.05. The van der Waals surface area contributed by atoms with Crippen molar-refractivity contribution >= 4 is 12.4 Å². The molecule has 24 heavy (non-hydrogen) atoms. The summed E-state index contributed by atoms with van der Waals surface area (Å²) in [5.41, 5.74) is 7.89. The molecule has 0 aliphatic carbocycles. The average molecular weight is 352 g/mol. The fraction of sp³-hybridized carbons (Fsp3) is 0.579. The molecule has 0 aliphatic heterocycles. The summed E-state index contributed by atoms with van der Waals surface area (Å²) in [6.07, 6.45) is 10.8. The first kappa shape index (κ1) is 20.7. The molecule has 1 heterocycles. The topological polar surface area (TPSA) is 64.9 Å². The number of nitrogens with zero attached hydrogens (tertiary/aromatic N) is 2. The first-order valence-electron chi connectivity index (χ1n) is 8.95. The molecule has 0 aliphatic rings. The summed E-state index contributed by atoms with van der Waals surface area (Å²) in [5.74, 6) is 1.34. The van der Waals surface area contributed by atoms with Crippen LogP contribution in [0, 0.1) is 0 Å². The SMILES string of the molecule is CCCCCCCCc1ccc(-c2noc(CCCN)n2)cc1.Cl. The lowest BCUT2D eigenvalue weighted by molar-refractivity contribution is 0.376. The highest BCUT2D eigenvalue weighted by molar-refractivity contribution is 5.85. The second-order valence-corrected chi connectivity index (χ2v) is 6.12. The number of aromatic nitrogens is 2. The van der Waals surface area contributed by atoms with Gasteiger partial charge in [-0.05, 0) is 31.4 Å². The molecule has 4 nitrogen and oxygen atoms in total. The van der Waals surface area contributed by atoms with Crippen LogP contribution in [0.3, 0.4) is 0 Å². The summed E-state index contributed by atoms with van der Waals surface area (Å²) >= 11 is 0. The Kier molecular flexibility index (Phi) is 10.4. The van der Waals surface area contributed by atoms with Crippen LogP contribution in [0.1, 0.15) is 63.3 Å². The second-order valence-electron chi connectivity index (χ2n) is 6.12. The van der Waals surface area contributed by atoms with E-state index >= 15 is 0 Å². The number of aryl methyl sites for hydroxylation is 2. The molecule has 1 aromatic carbocycles. The first-order valence-corrected chi connectivity index (χ1v) is 8.95. The lowest BCUT2D eigenvalue weighted by Crippen LogP contribution is -2.00. The summed E-state index contributed by atoms with van der Waals surface area (Å²) < 4.78 is 5.25. The zero-order valence-electron chi connectivity index (χ0n) is 14.7. The molecule has 2 aromatic rings. The van der Waals surface area contributed by atoms with Gasteiger partial charge in [0.15, 0.2) is 0 Å². The molecule has 0 saturated carbocycles. The van der Waals surface area contributed by atoms with E-state index in [1.807, 2.05) is 0 Å². The molecule has 2 N–H and O–H groups in total. The van der Waals surface area contributed by atoms with E-state index in [0.717, 1.165) is 24.8 Å². The molecule has 5 heteroatoms. The molecule has 0 spiro atoms. The molecular formula is C19H30ClN3O. The molecule has 134 valence electrons. The Morgan fingerprint density at radius 2 is 1.62 bits per heavy atom. The highest BCUT2D eigenvalue weighted by atomic mass is 35.5. The van der Waals surface area contributed by atoms with Gasteiger partial charge in [-0.15, -0.1) is 12.4 Å². The molecular weight excluding hydrogens is 322 g/mol. The Balaban J connectivity index is 0.00000288. The van der Waals surface area contributed by atoms with Crippen molar-refractivity contribution < 1.29 is 4.52 Å². The fourth-order valence-corrected chi connectivity index (χ4v) is 2.66. The smallest absolute Gasteiger partial charge is 0.227 e. The predicted molar refractivity (Wildman–Crippen MR) is 101 cm³/mol. The minimum absolute atomic E-state index is 0. The molecule has 1 aromatic heterocycles. The maximum absolute atomic E-state index is 5.49. The van der Waals surface area contributed by atoms with Gasteiger partial charge in [-0.1, -0.05) is 68.4 Å². The Morgan fingerprint density at radius 3 is 2.33 bits per heavy atom. The molecule has 0 bridgehead atoms. The van der Waals surface area contributed by atoms with E-state index in [1.165, 1.54) is 44.1 Å². The zero-order chi connectivity index (χ0) is 16.3. The van der Waals surface area contributed by atoms with Crippen molar-refractivity contribution in [1.82, 2.24) is 10.1 Å². The highest BCUT2D eigenvalue weighted by Gasteiger charge is 2.08. The number of benzene rings is 1. The van der Waals surface area contributed by atoms with Crippen molar-refractivity contribution in [3.05, 3.63) is 35.7 Å². The maximum Gasteiger partial charge on any atom is 0.227 e. The van der Waals surface area contributed by atoms with E-state index in [1.54, 1.807) is 0 Å². The van der Waals surface area contributed by atoms with Crippen LogP contribution in [-0.2, 0) is 12.8 Å². The minimum Gasteiger partial charge on any atom is -0.339 e. The van der Waals surface area contributed by atoms with Gasteiger partial charge in [-0.2, -0.15) is 4.98 Å². The van der Waals surface area contributed by atoms with Crippen LogP contribution in [0.4, 0.5) is 0 Å². The summed E-state index contributed by atoms with van der Waals surface area (Å²) in [6, 6.07) is 8.53. The summed E-state index contributed by atoms with van der Waals surface area (Å²) in [7, 11) is 0. The van der Waals surface area contributed by atoms with Gasteiger partial charge >= 0.3 is 0 Å². The molecule has 0 atom stereocenters. The Labute approximate surface area is 151 Å². The lowest BCUT2D eigenvalue weighted by Gasteiger charge is -2.03. The molecule has 0 amide bonds. The van der Waals surface area contributed by atoms with Crippen LogP contribution in [0.25, 0.3) is 11.4 Å². The standard InChI is InChI=1S/C19H29N3O.ClH/c1-2-3-4-5-6-7-9-16-11-13-17(14-12-16)19-21-18(23-22-19)10-8-15-20;/h11-14H,2-10,15,20H2,1H3;1H. The summed E-state index contributed by atoms with van der Waals surface area (Å²) in [4.78, 5) is 4.42. The number of hydrogen-bond acceptors (Lipinski definition) is 4. The third-order valence-corrected chi connectivity index (χ3v) is 4.09. The van der Waals surface area contributed by atoms with Crippen LogP contribution < -0.4 is 5.73 Å². The van der Waals surface area contributed by atoms with Crippen molar-refractivity contribution in [3.8, 4) is 11.4 Å². The van der Waals surface area contributed by atoms with Gasteiger partial charge in [0.1, 0.15) is 0 Å². The van der Waals surface area contributed by atoms with Crippen molar-refractivity contribution in [3.63, 3.8) is 0 Å². The molecule has 0 radical (unpaired) electrons. The van der Waals surface area contributed by atoms with E-state index < -0.39 is 0 Å². The number of hydrogen-bond donors (Lipinski definition) is 1. The zero-order valence-corrected chi connectivity index (χ0v) is 15.5. The van der Waals surface area contributed by atoms with Gasteiger partial charge in [-0.25, -0.2) is 0 Å². The third kappa shape index (κ3) is 7.02. The number of halogens is 1. The highest BCUT2D eigenvalue weighted by Crippen LogP contribution is 2.18. The number of nitrogens with two attached hydrogens (primary N) is 1. The van der Waals surface area contributed by atoms with Crippen molar-refractivity contribution in [2.45, 2.75) is 64.7 Å². The summed E-state index contributed by atoms with van der Waals surface area (Å²) in [5, 5.41) is 4.05. The normalized spacial score (nSPS) is 10.6. The molecule has 0 fully saturated rings. The van der Waals surface area contributed by atoms with Crippen LogP contribution >= 0.6 is 12.4 Å². The van der Waals surface area contributed by atoms with Crippen molar-refractivity contribution in [2.24, 2.45) is 5.73 Å². The van der Waals surface area contributed by atoms with E-state index in [9.17, 15) is 0 Å². The monoisotopic (exact) mass is 351 g/mol. The largest absolute Gasteiger partial charge is 0.339 e. The fourth-order valence-electron chi connectivity index (χ4n) is 2.66. The maximum atomic E-state index is 5.49. The lowest BCUT2D eigenvalue weighted by atomic mass is 10.0. The minimum atomic E-state index is 0. The van der Waals surface area contributed by atoms with Crippen LogP contribution in [0.15, 0.2) is 28.8 Å². The molecule has 2 rings (SSSR count). The van der Waals surface area contributed by atoms with Crippen molar-refractivity contribution in [1.29, 1.82) is 0 Å². The van der Waals surface area contributed by atoms with Crippen molar-refractivity contribution in [2.75, 3.05) is 6.54 Å². The Hall–Kier alpha value is -1.39. The third-order valence-electron chi connectivity index (χ3n) is 4.09. The van der Waals surface area contributed by atoms with Crippen LogP contribution in [-0.4, -0.2) is 16.7 Å². The molecule has 0 unspecified atom stereocenters.